The third-order valence-electron chi connectivity index (χ3n) is 2.17. The fourth-order valence-corrected chi connectivity index (χ4v) is 1.80. The number of hydrogen-bond acceptors (Lipinski definition) is 4. The van der Waals surface area contributed by atoms with Gasteiger partial charge in [-0.15, -0.1) is 0 Å². The second-order valence-corrected chi connectivity index (χ2v) is 4.08. The average molecular weight is 286 g/mol. The number of halogens is 2. The van der Waals surface area contributed by atoms with Crippen LogP contribution in [0.25, 0.3) is 0 Å². The minimum atomic E-state index is -0.531. The zero-order chi connectivity index (χ0) is 11.5. The van der Waals surface area contributed by atoms with Crippen molar-refractivity contribution < 1.29 is 4.39 Å². The summed E-state index contributed by atoms with van der Waals surface area (Å²) in [5.74, 6) is 5.05. The highest BCUT2D eigenvalue weighted by atomic mass is 79.9. The Labute approximate surface area is 99.3 Å². The van der Waals surface area contributed by atoms with Crippen LogP contribution >= 0.6 is 15.9 Å². The molecule has 4 N–H and O–H groups in total. The van der Waals surface area contributed by atoms with E-state index in [0.29, 0.717) is 11.3 Å². The lowest BCUT2D eigenvalue weighted by molar-refractivity contribution is 0.552. The molecule has 0 amide bonds. The first-order valence-corrected chi connectivity index (χ1v) is 5.28. The van der Waals surface area contributed by atoms with Gasteiger partial charge < -0.3 is 0 Å². The molecule has 1 heterocycles. The van der Waals surface area contributed by atoms with E-state index in [0.717, 1.165) is 4.47 Å². The van der Waals surface area contributed by atoms with E-state index >= 15 is 0 Å². The molecular weight excluding hydrogens is 277 g/mol. The fraction of sp³-hybridized carbons (Fsp3) is 0.111. The van der Waals surface area contributed by atoms with Crippen LogP contribution in [0.1, 0.15) is 17.3 Å². The molecule has 2 aromatic rings. The van der Waals surface area contributed by atoms with E-state index in [9.17, 15) is 4.39 Å². The summed E-state index contributed by atoms with van der Waals surface area (Å²) < 4.78 is 14.4. The van der Waals surface area contributed by atoms with E-state index in [1.54, 1.807) is 12.1 Å². The van der Waals surface area contributed by atoms with Crippen LogP contribution in [0.5, 0.6) is 0 Å². The third-order valence-corrected chi connectivity index (χ3v) is 2.66. The molecule has 5 nitrogen and oxygen atoms in total. The highest BCUT2D eigenvalue weighted by Gasteiger charge is 2.19. The lowest BCUT2D eigenvalue weighted by Crippen LogP contribution is -2.29. The molecule has 16 heavy (non-hydrogen) atoms. The highest BCUT2D eigenvalue weighted by Crippen LogP contribution is 2.24. The summed E-state index contributed by atoms with van der Waals surface area (Å²) in [4.78, 5) is 0. The number of nitrogens with zero attached hydrogens (tertiary/aromatic N) is 2. The molecule has 7 heteroatoms. The molecule has 0 aliphatic carbocycles. The number of hydrogen-bond donors (Lipinski definition) is 3. The monoisotopic (exact) mass is 285 g/mol. The number of rotatable bonds is 3. The van der Waals surface area contributed by atoms with Crippen molar-refractivity contribution in [3.8, 4) is 0 Å². The predicted molar refractivity (Wildman–Crippen MR) is 59.6 cm³/mol. The van der Waals surface area contributed by atoms with Crippen molar-refractivity contribution in [3.63, 3.8) is 0 Å². The van der Waals surface area contributed by atoms with Crippen LogP contribution in [0.15, 0.2) is 28.9 Å². The summed E-state index contributed by atoms with van der Waals surface area (Å²) >= 11 is 3.28. The summed E-state index contributed by atoms with van der Waals surface area (Å²) in [6.45, 7) is 0. The van der Waals surface area contributed by atoms with Crippen LogP contribution in [0.4, 0.5) is 4.39 Å². The van der Waals surface area contributed by atoms with Gasteiger partial charge in [0.15, 0.2) is 0 Å². The van der Waals surface area contributed by atoms with Gasteiger partial charge in [0.1, 0.15) is 11.5 Å². The maximum Gasteiger partial charge on any atom is 0.128 e. The van der Waals surface area contributed by atoms with Crippen molar-refractivity contribution >= 4 is 15.9 Å². The summed E-state index contributed by atoms with van der Waals surface area (Å²) in [7, 11) is 0. The minimum Gasteiger partial charge on any atom is -0.271 e. The molecule has 0 fully saturated rings. The zero-order valence-electron chi connectivity index (χ0n) is 8.11. The van der Waals surface area contributed by atoms with E-state index in [-0.39, 0.29) is 5.82 Å². The quantitative estimate of drug-likeness (QED) is 0.586. The molecule has 1 aromatic heterocycles. The molecule has 0 saturated carbocycles. The SMILES string of the molecule is NNC(c1cn[nH]n1)c1cc(Br)ccc1F. The Balaban J connectivity index is 2.44. The van der Waals surface area contributed by atoms with E-state index < -0.39 is 6.04 Å². The Morgan fingerprint density at radius 3 is 2.94 bits per heavy atom. The Kier molecular flexibility index (Phi) is 3.28. The van der Waals surface area contributed by atoms with Gasteiger partial charge in [0.2, 0.25) is 0 Å². The minimum absolute atomic E-state index is 0.353. The summed E-state index contributed by atoms with van der Waals surface area (Å²) in [6.07, 6.45) is 1.49. The number of hydrazine groups is 1. The summed E-state index contributed by atoms with van der Waals surface area (Å²) in [6, 6.07) is 4.10. The van der Waals surface area contributed by atoms with Crippen LogP contribution in [0.3, 0.4) is 0 Å². The van der Waals surface area contributed by atoms with Gasteiger partial charge in [0.25, 0.3) is 0 Å². The van der Waals surface area contributed by atoms with Crippen LogP contribution in [0.2, 0.25) is 0 Å². The van der Waals surface area contributed by atoms with Gasteiger partial charge in [-0.3, -0.25) is 5.84 Å². The number of aromatic amines is 1. The number of nitrogens with two attached hydrogens (primary N) is 1. The van der Waals surface area contributed by atoms with Crippen LogP contribution in [0, 0.1) is 5.82 Å². The Bertz CT molecular complexity index is 473. The molecule has 0 saturated heterocycles. The molecule has 2 rings (SSSR count). The first kappa shape index (κ1) is 11.2. The summed E-state index contributed by atoms with van der Waals surface area (Å²) in [5.41, 5.74) is 3.44. The molecule has 84 valence electrons. The van der Waals surface area contributed by atoms with Crippen molar-refractivity contribution in [2.75, 3.05) is 0 Å². The van der Waals surface area contributed by atoms with Crippen molar-refractivity contribution in [2.45, 2.75) is 6.04 Å². The predicted octanol–water partition coefficient (Wildman–Crippen LogP) is 1.26. The topological polar surface area (TPSA) is 79.6 Å². The third kappa shape index (κ3) is 2.11. The summed E-state index contributed by atoms with van der Waals surface area (Å²) in [5, 5.41) is 10.00. The number of aromatic nitrogens is 3. The molecule has 0 radical (unpaired) electrons. The molecule has 1 aromatic carbocycles. The normalized spacial score (nSPS) is 12.7. The average Bonchev–Trinajstić information content (AvgIpc) is 2.78. The van der Waals surface area contributed by atoms with Crippen molar-refractivity contribution in [1.29, 1.82) is 0 Å². The van der Waals surface area contributed by atoms with Crippen LogP contribution in [-0.4, -0.2) is 15.4 Å². The van der Waals surface area contributed by atoms with E-state index in [1.807, 2.05) is 0 Å². The Hall–Kier alpha value is -1.31. The van der Waals surface area contributed by atoms with Gasteiger partial charge in [-0.25, -0.2) is 9.82 Å². The zero-order valence-corrected chi connectivity index (χ0v) is 9.70. The first-order valence-electron chi connectivity index (χ1n) is 4.49. The second kappa shape index (κ2) is 4.69. The standard InChI is InChI=1S/C9H9BrFN5/c10-5-1-2-7(11)6(3-5)9(14-12)8-4-13-16-15-8/h1-4,9,14H,12H2,(H,13,15,16). The van der Waals surface area contributed by atoms with E-state index in [4.69, 9.17) is 5.84 Å². The number of benzene rings is 1. The molecule has 0 aliphatic heterocycles. The Morgan fingerprint density at radius 2 is 2.31 bits per heavy atom. The highest BCUT2D eigenvalue weighted by molar-refractivity contribution is 9.10. The van der Waals surface area contributed by atoms with Crippen molar-refractivity contribution in [1.82, 2.24) is 20.8 Å². The van der Waals surface area contributed by atoms with Crippen LogP contribution < -0.4 is 11.3 Å². The molecule has 0 bridgehead atoms. The van der Waals surface area contributed by atoms with Crippen LogP contribution in [-0.2, 0) is 0 Å². The van der Waals surface area contributed by atoms with Gasteiger partial charge in [-0.05, 0) is 18.2 Å². The van der Waals surface area contributed by atoms with E-state index in [1.165, 1.54) is 12.3 Å². The molecule has 0 aliphatic rings. The van der Waals surface area contributed by atoms with Crippen molar-refractivity contribution in [3.05, 3.63) is 45.9 Å². The lowest BCUT2D eigenvalue weighted by atomic mass is 10.0. The van der Waals surface area contributed by atoms with Gasteiger partial charge in [0.05, 0.1) is 12.2 Å². The molecule has 1 unspecified atom stereocenters. The molecule has 1 atom stereocenters. The Morgan fingerprint density at radius 1 is 1.50 bits per heavy atom. The molecular formula is C9H9BrFN5. The number of H-pyrrole nitrogens is 1. The fourth-order valence-electron chi connectivity index (χ4n) is 1.42. The molecule has 0 spiro atoms. The largest absolute Gasteiger partial charge is 0.271 e. The second-order valence-electron chi connectivity index (χ2n) is 3.16. The van der Waals surface area contributed by atoms with E-state index in [2.05, 4.69) is 36.8 Å². The maximum atomic E-state index is 13.6. The van der Waals surface area contributed by atoms with Gasteiger partial charge in [0, 0.05) is 10.0 Å². The number of nitrogens with one attached hydrogen (secondary N) is 2. The smallest absolute Gasteiger partial charge is 0.128 e. The van der Waals surface area contributed by atoms with Gasteiger partial charge in [-0.2, -0.15) is 15.4 Å². The van der Waals surface area contributed by atoms with Crippen molar-refractivity contribution in [2.24, 2.45) is 5.84 Å². The lowest BCUT2D eigenvalue weighted by Gasteiger charge is -2.14. The maximum absolute atomic E-state index is 13.6. The van der Waals surface area contributed by atoms with Gasteiger partial charge >= 0.3 is 0 Å². The first-order chi connectivity index (χ1) is 7.72. The van der Waals surface area contributed by atoms with Gasteiger partial charge in [-0.1, -0.05) is 15.9 Å².